The number of hydrogen-bond acceptors (Lipinski definition) is 8. The Morgan fingerprint density at radius 3 is 2.86 bits per heavy atom. The van der Waals surface area contributed by atoms with E-state index in [1.54, 1.807) is 6.26 Å². The first-order valence-electron chi connectivity index (χ1n) is 6.16. The maximum atomic E-state index is 13.8. The lowest BCUT2D eigenvalue weighted by Gasteiger charge is -2.17. The summed E-state index contributed by atoms with van der Waals surface area (Å²) in [6, 6.07) is 0. The van der Waals surface area contributed by atoms with Gasteiger partial charge in [0, 0.05) is 0 Å². The molecular weight excluding hydrogens is 301 g/mol. The van der Waals surface area contributed by atoms with Gasteiger partial charge >= 0.3 is 0 Å². The Hall–Kier alpha value is -1.49. The van der Waals surface area contributed by atoms with Crippen molar-refractivity contribution in [2.24, 2.45) is 0 Å². The van der Waals surface area contributed by atoms with Crippen LogP contribution < -0.4 is 5.73 Å². The Balaban J connectivity index is 1.98. The molecule has 2 aromatic heterocycles. The SMILES string of the molecule is CS[C@@H](F)[C@H]1O[C@@H](n2cnc3c(N)ncnc32)[C@H](O)[C@@H]1O. The van der Waals surface area contributed by atoms with Crippen LogP contribution in [0, 0.1) is 0 Å². The van der Waals surface area contributed by atoms with Crippen molar-refractivity contribution in [2.75, 3.05) is 12.0 Å². The van der Waals surface area contributed by atoms with Gasteiger partial charge < -0.3 is 20.7 Å². The molecule has 0 aromatic carbocycles. The number of aliphatic hydroxyl groups excluding tert-OH is 2. The predicted molar refractivity (Wildman–Crippen MR) is 74.1 cm³/mol. The van der Waals surface area contributed by atoms with Crippen molar-refractivity contribution in [3.8, 4) is 0 Å². The van der Waals surface area contributed by atoms with Crippen LogP contribution in [0.3, 0.4) is 0 Å². The van der Waals surface area contributed by atoms with Crippen molar-refractivity contribution < 1.29 is 19.3 Å². The zero-order valence-corrected chi connectivity index (χ0v) is 11.8. The number of anilines is 1. The van der Waals surface area contributed by atoms with Crippen LogP contribution in [0.1, 0.15) is 6.23 Å². The van der Waals surface area contributed by atoms with E-state index >= 15 is 0 Å². The van der Waals surface area contributed by atoms with Crippen LogP contribution >= 0.6 is 11.8 Å². The van der Waals surface area contributed by atoms with Gasteiger partial charge in [-0.1, -0.05) is 0 Å². The summed E-state index contributed by atoms with van der Waals surface area (Å²) in [6.45, 7) is 0. The number of aliphatic hydroxyl groups is 2. The number of rotatable bonds is 3. The minimum atomic E-state index is -1.45. The third-order valence-corrected chi connectivity index (χ3v) is 4.14. The third kappa shape index (κ3) is 2.24. The van der Waals surface area contributed by atoms with Crippen molar-refractivity contribution in [1.29, 1.82) is 0 Å². The number of alkyl halides is 1. The molecule has 10 heteroatoms. The summed E-state index contributed by atoms with van der Waals surface area (Å²) in [7, 11) is 0. The van der Waals surface area contributed by atoms with Gasteiger partial charge in [-0.25, -0.2) is 19.3 Å². The van der Waals surface area contributed by atoms with E-state index in [2.05, 4.69) is 15.0 Å². The summed E-state index contributed by atoms with van der Waals surface area (Å²) in [4.78, 5) is 11.9. The number of ether oxygens (including phenoxy) is 1. The Kier molecular flexibility index (Phi) is 3.69. The molecule has 0 saturated carbocycles. The van der Waals surface area contributed by atoms with Gasteiger partial charge in [0.1, 0.15) is 30.2 Å². The Bertz CT molecular complexity index is 656. The quantitative estimate of drug-likeness (QED) is 0.705. The molecule has 0 spiro atoms. The standard InChI is InChI=1S/C11H14FN5O3S/c1-21-8(12)7-5(18)6(19)11(20-7)17-3-16-4-9(13)14-2-15-10(4)17/h2-3,5-8,11,18-19H,1H3,(H2,13,14,15)/t5-,6+,7-,8+,11+/m0/s1. The van der Waals surface area contributed by atoms with Crippen molar-refractivity contribution in [2.45, 2.75) is 30.0 Å². The highest BCUT2D eigenvalue weighted by Crippen LogP contribution is 2.36. The molecule has 0 aliphatic carbocycles. The van der Waals surface area contributed by atoms with Gasteiger partial charge in [0.25, 0.3) is 0 Å². The normalized spacial score (nSPS) is 30.9. The molecule has 2 aromatic rings. The monoisotopic (exact) mass is 315 g/mol. The van der Waals surface area contributed by atoms with Crippen LogP contribution in [0.25, 0.3) is 11.2 Å². The van der Waals surface area contributed by atoms with Gasteiger partial charge in [-0.2, -0.15) is 0 Å². The van der Waals surface area contributed by atoms with Crippen LogP contribution in [-0.4, -0.2) is 59.8 Å². The average Bonchev–Trinajstić information content (AvgIpc) is 3.02. The molecule has 1 fully saturated rings. The van der Waals surface area contributed by atoms with Gasteiger partial charge in [-0.15, -0.1) is 11.8 Å². The molecule has 0 radical (unpaired) electrons. The van der Waals surface area contributed by atoms with Crippen LogP contribution in [0.15, 0.2) is 12.7 Å². The molecule has 21 heavy (non-hydrogen) atoms. The molecule has 1 saturated heterocycles. The molecule has 0 amide bonds. The topological polar surface area (TPSA) is 119 Å². The summed E-state index contributed by atoms with van der Waals surface area (Å²) >= 11 is 0.900. The lowest BCUT2D eigenvalue weighted by Crippen LogP contribution is -2.35. The number of hydrogen-bond donors (Lipinski definition) is 3. The van der Waals surface area contributed by atoms with Gasteiger partial charge in [0.2, 0.25) is 0 Å². The van der Waals surface area contributed by atoms with Crippen LogP contribution in [0.2, 0.25) is 0 Å². The van der Waals surface area contributed by atoms with Crippen molar-refractivity contribution in [3.05, 3.63) is 12.7 Å². The fraction of sp³-hybridized carbons (Fsp3) is 0.545. The zero-order chi connectivity index (χ0) is 15.1. The highest BCUT2D eigenvalue weighted by atomic mass is 32.2. The molecule has 0 unspecified atom stereocenters. The first-order valence-corrected chi connectivity index (χ1v) is 7.45. The first kappa shape index (κ1) is 14.4. The zero-order valence-electron chi connectivity index (χ0n) is 11.0. The molecule has 4 N–H and O–H groups in total. The third-order valence-electron chi connectivity index (χ3n) is 3.42. The van der Waals surface area contributed by atoms with Crippen LogP contribution in [0.4, 0.5) is 10.2 Å². The van der Waals surface area contributed by atoms with E-state index in [0.29, 0.717) is 11.2 Å². The average molecular weight is 315 g/mol. The Labute approximate surface area is 123 Å². The number of nitrogens with zero attached hydrogens (tertiary/aromatic N) is 4. The first-order chi connectivity index (χ1) is 10.0. The molecule has 1 aliphatic heterocycles. The lowest BCUT2D eigenvalue weighted by atomic mass is 10.1. The molecule has 5 atom stereocenters. The summed E-state index contributed by atoms with van der Waals surface area (Å²) in [6.07, 6.45) is -0.578. The predicted octanol–water partition coefficient (Wildman–Crippen LogP) is -0.314. The second-order valence-corrected chi connectivity index (χ2v) is 5.56. The maximum absolute atomic E-state index is 13.8. The molecule has 1 aliphatic rings. The smallest absolute Gasteiger partial charge is 0.174 e. The molecule has 0 bridgehead atoms. The van der Waals surface area contributed by atoms with E-state index in [1.807, 2.05) is 0 Å². The summed E-state index contributed by atoms with van der Waals surface area (Å²) < 4.78 is 20.6. The minimum Gasteiger partial charge on any atom is -0.387 e. The molecular formula is C11H14FN5O3S. The van der Waals surface area contributed by atoms with Gasteiger partial charge in [0.05, 0.1) is 6.33 Å². The summed E-state index contributed by atoms with van der Waals surface area (Å²) in [5.41, 5.74) is 4.94. The Morgan fingerprint density at radius 2 is 2.14 bits per heavy atom. The summed E-state index contributed by atoms with van der Waals surface area (Å²) in [5.74, 6) is 0.191. The number of imidazole rings is 1. The highest BCUT2D eigenvalue weighted by molar-refractivity contribution is 7.99. The fourth-order valence-corrected chi connectivity index (χ4v) is 2.82. The van der Waals surface area contributed by atoms with Crippen molar-refractivity contribution in [1.82, 2.24) is 19.5 Å². The second-order valence-electron chi connectivity index (χ2n) is 4.64. The van der Waals surface area contributed by atoms with Crippen LogP contribution in [0.5, 0.6) is 0 Å². The fourth-order valence-electron chi connectivity index (χ4n) is 2.32. The number of nitrogen functional groups attached to an aromatic ring is 1. The number of thioether (sulfide) groups is 1. The number of nitrogens with two attached hydrogens (primary N) is 1. The van der Waals surface area contributed by atoms with E-state index in [0.717, 1.165) is 11.8 Å². The van der Waals surface area contributed by atoms with Crippen LogP contribution in [-0.2, 0) is 4.74 Å². The molecule has 3 heterocycles. The minimum absolute atomic E-state index is 0.191. The van der Waals surface area contributed by atoms with E-state index in [4.69, 9.17) is 10.5 Å². The van der Waals surface area contributed by atoms with Gasteiger partial charge in [-0.05, 0) is 6.26 Å². The second kappa shape index (κ2) is 5.37. The van der Waals surface area contributed by atoms with E-state index in [1.165, 1.54) is 17.2 Å². The Morgan fingerprint density at radius 1 is 1.38 bits per heavy atom. The summed E-state index contributed by atoms with van der Waals surface area (Å²) in [5, 5.41) is 20.0. The maximum Gasteiger partial charge on any atom is 0.174 e. The van der Waals surface area contributed by atoms with E-state index < -0.39 is 30.0 Å². The number of halogens is 1. The van der Waals surface area contributed by atoms with Crippen molar-refractivity contribution in [3.63, 3.8) is 0 Å². The van der Waals surface area contributed by atoms with Gasteiger partial charge in [-0.3, -0.25) is 4.57 Å². The molecule has 8 nitrogen and oxygen atoms in total. The van der Waals surface area contributed by atoms with E-state index in [-0.39, 0.29) is 5.82 Å². The molecule has 3 rings (SSSR count). The lowest BCUT2D eigenvalue weighted by molar-refractivity contribution is -0.0460. The van der Waals surface area contributed by atoms with Gasteiger partial charge in [0.15, 0.2) is 23.2 Å². The van der Waals surface area contributed by atoms with E-state index in [9.17, 15) is 14.6 Å². The largest absolute Gasteiger partial charge is 0.387 e. The van der Waals surface area contributed by atoms with Crippen molar-refractivity contribution >= 4 is 28.7 Å². The number of aromatic nitrogens is 4. The molecule has 114 valence electrons. The number of fused-ring (bicyclic) bond motifs is 1. The highest BCUT2D eigenvalue weighted by Gasteiger charge is 2.47.